The molecule has 0 aliphatic heterocycles. The van der Waals surface area contributed by atoms with Crippen LogP contribution in [0, 0.1) is 0 Å². The highest BCUT2D eigenvalue weighted by atomic mass is 32.2. The Morgan fingerprint density at radius 1 is 1.16 bits per heavy atom. The van der Waals surface area contributed by atoms with Gasteiger partial charge in [-0.25, -0.2) is 0 Å². The third-order valence-corrected chi connectivity index (χ3v) is 4.03. The van der Waals surface area contributed by atoms with Gasteiger partial charge in [0.05, 0.1) is 7.11 Å². The first-order valence-corrected chi connectivity index (χ1v) is 7.29. The van der Waals surface area contributed by atoms with Crippen LogP contribution in [0.1, 0.15) is 24.1 Å². The van der Waals surface area contributed by atoms with E-state index in [4.69, 9.17) is 10.5 Å². The molecule has 1 unspecified atom stereocenters. The zero-order valence-corrected chi connectivity index (χ0v) is 12.1. The molecule has 0 saturated heterocycles. The molecule has 100 valence electrons. The molecule has 0 radical (unpaired) electrons. The topological polar surface area (TPSA) is 35.2 Å². The number of methoxy groups -OCH3 is 1. The molecule has 0 heterocycles. The summed E-state index contributed by atoms with van der Waals surface area (Å²) < 4.78 is 5.23. The second-order valence-electron chi connectivity index (χ2n) is 4.50. The molecule has 0 spiro atoms. The number of benzene rings is 2. The minimum absolute atomic E-state index is 0.0948. The van der Waals surface area contributed by atoms with E-state index >= 15 is 0 Å². The molecule has 0 fully saturated rings. The third kappa shape index (κ3) is 4.01. The van der Waals surface area contributed by atoms with Crippen LogP contribution in [-0.4, -0.2) is 7.11 Å². The molecule has 0 aliphatic rings. The van der Waals surface area contributed by atoms with E-state index in [-0.39, 0.29) is 6.04 Å². The molecule has 3 heteroatoms. The maximum Gasteiger partial charge on any atom is 0.119 e. The molecule has 19 heavy (non-hydrogen) atoms. The number of hydrogen-bond acceptors (Lipinski definition) is 3. The van der Waals surface area contributed by atoms with Gasteiger partial charge in [-0.15, -0.1) is 11.8 Å². The van der Waals surface area contributed by atoms with Crippen LogP contribution in [-0.2, 0) is 5.75 Å². The number of hydrogen-bond donors (Lipinski definition) is 1. The van der Waals surface area contributed by atoms with Crippen molar-refractivity contribution in [2.45, 2.75) is 23.6 Å². The minimum Gasteiger partial charge on any atom is -0.497 e. The van der Waals surface area contributed by atoms with E-state index in [1.165, 1.54) is 16.0 Å². The van der Waals surface area contributed by atoms with Crippen LogP contribution in [0.4, 0.5) is 0 Å². The predicted molar refractivity (Wildman–Crippen MR) is 81.6 cm³/mol. The standard InChI is InChI=1S/C16H19NOS/c1-12(17)14-6-8-16(9-7-14)19-11-13-4-3-5-15(10-13)18-2/h3-10,12H,11,17H2,1-2H3. The van der Waals surface area contributed by atoms with E-state index in [9.17, 15) is 0 Å². The van der Waals surface area contributed by atoms with E-state index in [1.807, 2.05) is 30.8 Å². The van der Waals surface area contributed by atoms with Crippen molar-refractivity contribution in [3.8, 4) is 5.75 Å². The first kappa shape index (κ1) is 14.0. The van der Waals surface area contributed by atoms with Crippen LogP contribution >= 0.6 is 11.8 Å². The number of nitrogens with two attached hydrogens (primary N) is 1. The largest absolute Gasteiger partial charge is 0.497 e. The molecule has 0 amide bonds. The van der Waals surface area contributed by atoms with Crippen molar-refractivity contribution in [3.63, 3.8) is 0 Å². The van der Waals surface area contributed by atoms with Crippen molar-refractivity contribution < 1.29 is 4.74 Å². The summed E-state index contributed by atoms with van der Waals surface area (Å²) in [5.74, 6) is 1.85. The molecule has 2 rings (SSSR count). The number of thioether (sulfide) groups is 1. The van der Waals surface area contributed by atoms with E-state index in [1.54, 1.807) is 7.11 Å². The van der Waals surface area contributed by atoms with Crippen LogP contribution in [0.25, 0.3) is 0 Å². The summed E-state index contributed by atoms with van der Waals surface area (Å²) >= 11 is 1.82. The van der Waals surface area contributed by atoms with Crippen molar-refractivity contribution in [2.24, 2.45) is 5.73 Å². The number of ether oxygens (including phenoxy) is 1. The Labute approximate surface area is 119 Å². The quantitative estimate of drug-likeness (QED) is 0.836. The van der Waals surface area contributed by atoms with Crippen LogP contribution in [0.3, 0.4) is 0 Å². The van der Waals surface area contributed by atoms with Gasteiger partial charge in [-0.05, 0) is 42.3 Å². The van der Waals surface area contributed by atoms with Gasteiger partial charge < -0.3 is 10.5 Å². The summed E-state index contributed by atoms with van der Waals surface area (Å²) in [5.41, 5.74) is 8.28. The van der Waals surface area contributed by atoms with Crippen molar-refractivity contribution in [1.29, 1.82) is 0 Å². The molecule has 2 aromatic carbocycles. The fourth-order valence-electron chi connectivity index (χ4n) is 1.80. The van der Waals surface area contributed by atoms with E-state index in [0.29, 0.717) is 0 Å². The van der Waals surface area contributed by atoms with Gasteiger partial charge in [0, 0.05) is 16.7 Å². The lowest BCUT2D eigenvalue weighted by Crippen LogP contribution is -2.04. The average Bonchev–Trinajstić information content (AvgIpc) is 2.46. The molecular formula is C16H19NOS. The second kappa shape index (κ2) is 6.64. The molecule has 0 bridgehead atoms. The van der Waals surface area contributed by atoms with Gasteiger partial charge in [-0.1, -0.05) is 24.3 Å². The highest BCUT2D eigenvalue weighted by Crippen LogP contribution is 2.25. The second-order valence-corrected chi connectivity index (χ2v) is 5.55. The van der Waals surface area contributed by atoms with E-state index < -0.39 is 0 Å². The zero-order valence-electron chi connectivity index (χ0n) is 11.3. The Morgan fingerprint density at radius 2 is 1.89 bits per heavy atom. The highest BCUT2D eigenvalue weighted by molar-refractivity contribution is 7.98. The summed E-state index contributed by atoms with van der Waals surface area (Å²) in [7, 11) is 1.69. The maximum atomic E-state index is 5.84. The van der Waals surface area contributed by atoms with Crippen LogP contribution in [0.5, 0.6) is 5.75 Å². The van der Waals surface area contributed by atoms with Crippen LogP contribution in [0.15, 0.2) is 53.4 Å². The summed E-state index contributed by atoms with van der Waals surface area (Å²) in [4.78, 5) is 1.26. The van der Waals surface area contributed by atoms with E-state index in [2.05, 4.69) is 36.4 Å². The first-order valence-electron chi connectivity index (χ1n) is 6.30. The Morgan fingerprint density at radius 3 is 2.53 bits per heavy atom. The third-order valence-electron chi connectivity index (χ3n) is 2.95. The molecule has 0 aromatic heterocycles. The monoisotopic (exact) mass is 273 g/mol. The molecule has 2 N–H and O–H groups in total. The predicted octanol–water partition coefficient (Wildman–Crippen LogP) is 4.01. The Balaban J connectivity index is 1.98. The molecule has 2 aromatic rings. The van der Waals surface area contributed by atoms with Gasteiger partial charge in [-0.3, -0.25) is 0 Å². The Kier molecular flexibility index (Phi) is 4.88. The first-order chi connectivity index (χ1) is 9.19. The Hall–Kier alpha value is -1.45. The van der Waals surface area contributed by atoms with Gasteiger partial charge >= 0.3 is 0 Å². The highest BCUT2D eigenvalue weighted by Gasteiger charge is 2.01. The molecular weight excluding hydrogens is 254 g/mol. The number of rotatable bonds is 5. The summed E-state index contributed by atoms with van der Waals surface area (Å²) in [5, 5.41) is 0. The zero-order chi connectivity index (χ0) is 13.7. The van der Waals surface area contributed by atoms with Gasteiger partial charge in [-0.2, -0.15) is 0 Å². The SMILES string of the molecule is COc1cccc(CSc2ccc(C(C)N)cc2)c1. The van der Waals surface area contributed by atoms with Crippen molar-refractivity contribution in [1.82, 2.24) is 0 Å². The minimum atomic E-state index is 0.0948. The molecule has 1 atom stereocenters. The summed E-state index contributed by atoms with van der Waals surface area (Å²) in [6, 6.07) is 16.7. The molecule has 2 nitrogen and oxygen atoms in total. The van der Waals surface area contributed by atoms with Gasteiger partial charge in [0.2, 0.25) is 0 Å². The van der Waals surface area contributed by atoms with Crippen molar-refractivity contribution in [3.05, 3.63) is 59.7 Å². The molecule has 0 saturated carbocycles. The molecule has 0 aliphatic carbocycles. The van der Waals surface area contributed by atoms with Crippen LogP contribution < -0.4 is 10.5 Å². The van der Waals surface area contributed by atoms with E-state index in [0.717, 1.165) is 11.5 Å². The van der Waals surface area contributed by atoms with Crippen molar-refractivity contribution in [2.75, 3.05) is 7.11 Å². The van der Waals surface area contributed by atoms with Crippen molar-refractivity contribution >= 4 is 11.8 Å². The lowest BCUT2D eigenvalue weighted by atomic mass is 10.1. The smallest absolute Gasteiger partial charge is 0.119 e. The lowest BCUT2D eigenvalue weighted by molar-refractivity contribution is 0.414. The maximum absolute atomic E-state index is 5.84. The van der Waals surface area contributed by atoms with Gasteiger partial charge in [0.1, 0.15) is 5.75 Å². The average molecular weight is 273 g/mol. The lowest BCUT2D eigenvalue weighted by Gasteiger charge is -2.07. The Bertz CT molecular complexity index is 523. The fourth-order valence-corrected chi connectivity index (χ4v) is 2.64. The normalized spacial score (nSPS) is 12.2. The van der Waals surface area contributed by atoms with Gasteiger partial charge in [0.15, 0.2) is 0 Å². The van der Waals surface area contributed by atoms with Crippen LogP contribution in [0.2, 0.25) is 0 Å². The summed E-state index contributed by atoms with van der Waals surface area (Å²) in [6.07, 6.45) is 0. The fraction of sp³-hybridized carbons (Fsp3) is 0.250. The van der Waals surface area contributed by atoms with Gasteiger partial charge in [0.25, 0.3) is 0 Å². The summed E-state index contributed by atoms with van der Waals surface area (Å²) in [6.45, 7) is 2.00.